The summed E-state index contributed by atoms with van der Waals surface area (Å²) in [6.45, 7) is 0. The van der Waals surface area contributed by atoms with Gasteiger partial charge in [0, 0.05) is 12.8 Å². The molecule has 0 aromatic heterocycles. The molecule has 0 heterocycles. The minimum Gasteiger partial charge on any atom is -0.265 e. The first kappa shape index (κ1) is 10.6. The van der Waals surface area contributed by atoms with E-state index in [1.807, 2.05) is 6.26 Å². The lowest BCUT2D eigenvalue weighted by Crippen LogP contribution is -2.17. The summed E-state index contributed by atoms with van der Waals surface area (Å²) in [5.41, 5.74) is 4.28. The van der Waals surface area contributed by atoms with Gasteiger partial charge in [-0.1, -0.05) is 18.2 Å². The monoisotopic (exact) mass is 199 g/mol. The molecule has 1 aliphatic rings. The van der Waals surface area contributed by atoms with Crippen LogP contribution in [0.25, 0.3) is 0 Å². The average molecular weight is 199 g/mol. The Balaban J connectivity index is 2.36. The summed E-state index contributed by atoms with van der Waals surface area (Å²) in [6, 6.07) is 0. The van der Waals surface area contributed by atoms with Crippen molar-refractivity contribution in [2.75, 3.05) is 13.3 Å². The third-order valence-corrected chi connectivity index (χ3v) is 2.80. The zero-order chi connectivity index (χ0) is 9.52. The number of rotatable bonds is 1. The molecule has 74 valence electrons. The Morgan fingerprint density at radius 3 is 2.54 bits per heavy atom. The molecule has 0 atom stereocenters. The van der Waals surface area contributed by atoms with Gasteiger partial charge in [0.25, 0.3) is 0 Å². The number of hydrogen-bond acceptors (Lipinski definition) is 3. The van der Waals surface area contributed by atoms with E-state index in [4.69, 9.17) is 0 Å². The molecule has 4 heteroatoms. The Bertz CT molecular complexity index is 203. The third-order valence-electron chi connectivity index (χ3n) is 2.14. The fraction of sp³-hybridized carbons (Fsp3) is 0.778. The number of nitrogens with one attached hydrogen (secondary N) is 1. The Hall–Kier alpha value is -0.510. The van der Waals surface area contributed by atoms with Crippen LogP contribution in [0.5, 0.6) is 0 Å². The van der Waals surface area contributed by atoms with Crippen molar-refractivity contribution in [2.24, 2.45) is 10.1 Å². The summed E-state index contributed by atoms with van der Waals surface area (Å²) in [7, 11) is 1.78. The van der Waals surface area contributed by atoms with Crippen molar-refractivity contribution in [3.63, 3.8) is 0 Å². The van der Waals surface area contributed by atoms with Crippen LogP contribution in [0.15, 0.2) is 10.1 Å². The minimum atomic E-state index is 0.887. The molecule has 0 bridgehead atoms. The fourth-order valence-corrected chi connectivity index (χ4v) is 1.71. The summed E-state index contributed by atoms with van der Waals surface area (Å²) < 4.78 is 0. The van der Waals surface area contributed by atoms with Gasteiger partial charge >= 0.3 is 0 Å². The summed E-state index contributed by atoms with van der Waals surface area (Å²) in [4.78, 5) is 4.05. The van der Waals surface area contributed by atoms with E-state index in [-0.39, 0.29) is 0 Å². The molecule has 1 N–H and O–H groups in total. The van der Waals surface area contributed by atoms with Crippen molar-refractivity contribution in [1.29, 1.82) is 0 Å². The van der Waals surface area contributed by atoms with E-state index < -0.39 is 0 Å². The minimum absolute atomic E-state index is 0.887. The molecule has 0 radical (unpaired) electrons. The number of hydrogen-bond donors (Lipinski definition) is 1. The topological polar surface area (TPSA) is 36.8 Å². The van der Waals surface area contributed by atoms with Crippen LogP contribution in [0, 0.1) is 0 Å². The highest BCUT2D eigenvalue weighted by Gasteiger charge is 2.06. The van der Waals surface area contributed by atoms with Crippen LogP contribution in [-0.2, 0) is 0 Å². The van der Waals surface area contributed by atoms with Crippen molar-refractivity contribution >= 4 is 22.6 Å². The van der Waals surface area contributed by atoms with Gasteiger partial charge in [-0.2, -0.15) is 5.10 Å². The van der Waals surface area contributed by atoms with Gasteiger partial charge < -0.3 is 0 Å². The van der Waals surface area contributed by atoms with Crippen molar-refractivity contribution in [3.05, 3.63) is 0 Å². The molecule has 0 spiro atoms. The maximum Gasteiger partial charge on any atom is 0.176 e. The first-order chi connectivity index (χ1) is 6.36. The van der Waals surface area contributed by atoms with E-state index in [1.54, 1.807) is 18.8 Å². The van der Waals surface area contributed by atoms with Gasteiger partial charge in [-0.15, -0.1) is 0 Å². The van der Waals surface area contributed by atoms with E-state index in [0.717, 1.165) is 18.0 Å². The molecule has 1 aliphatic carbocycles. The zero-order valence-corrected chi connectivity index (χ0v) is 9.15. The second kappa shape index (κ2) is 6.02. The molecule has 1 rings (SSSR count). The predicted molar refractivity (Wildman–Crippen MR) is 60.5 cm³/mol. The van der Waals surface area contributed by atoms with E-state index >= 15 is 0 Å². The van der Waals surface area contributed by atoms with Crippen LogP contribution in [0.1, 0.15) is 32.1 Å². The van der Waals surface area contributed by atoms with Crippen LogP contribution >= 0.6 is 11.8 Å². The number of nitrogens with zero attached hydrogens (tertiary/aromatic N) is 2. The summed E-state index contributed by atoms with van der Waals surface area (Å²) in [5, 5.41) is 5.23. The lowest BCUT2D eigenvalue weighted by atomic mass is 9.99. The van der Waals surface area contributed by atoms with Gasteiger partial charge in [0.15, 0.2) is 5.17 Å². The zero-order valence-electron chi connectivity index (χ0n) is 8.34. The van der Waals surface area contributed by atoms with Gasteiger partial charge in [0.2, 0.25) is 0 Å². The summed E-state index contributed by atoms with van der Waals surface area (Å²) >= 11 is 1.59. The Morgan fingerprint density at radius 1 is 1.31 bits per heavy atom. The van der Waals surface area contributed by atoms with Crippen molar-refractivity contribution < 1.29 is 0 Å². The molecule has 3 nitrogen and oxygen atoms in total. The van der Waals surface area contributed by atoms with Crippen molar-refractivity contribution in [2.45, 2.75) is 32.1 Å². The smallest absolute Gasteiger partial charge is 0.176 e. The Labute approximate surface area is 84.1 Å². The molecule has 0 saturated heterocycles. The van der Waals surface area contributed by atoms with Crippen LogP contribution in [-0.4, -0.2) is 24.2 Å². The van der Waals surface area contributed by atoms with Crippen LogP contribution in [0.2, 0.25) is 0 Å². The molecule has 0 amide bonds. The Kier molecular flexibility index (Phi) is 4.90. The second-order valence-electron chi connectivity index (χ2n) is 3.08. The van der Waals surface area contributed by atoms with Gasteiger partial charge in [0.1, 0.15) is 0 Å². The summed E-state index contributed by atoms with van der Waals surface area (Å²) in [5.74, 6) is 0. The molecule has 13 heavy (non-hydrogen) atoms. The van der Waals surface area contributed by atoms with E-state index in [9.17, 15) is 0 Å². The SMILES string of the molecule is CN=C(NN=C1CCCCC1)SC. The van der Waals surface area contributed by atoms with E-state index in [0.29, 0.717) is 0 Å². The maximum absolute atomic E-state index is 4.34. The number of amidine groups is 1. The molecular weight excluding hydrogens is 182 g/mol. The van der Waals surface area contributed by atoms with E-state index in [2.05, 4.69) is 15.5 Å². The van der Waals surface area contributed by atoms with Crippen LogP contribution in [0.3, 0.4) is 0 Å². The van der Waals surface area contributed by atoms with Gasteiger partial charge in [-0.3, -0.25) is 10.4 Å². The number of hydrazone groups is 1. The highest BCUT2D eigenvalue weighted by atomic mass is 32.2. The van der Waals surface area contributed by atoms with E-state index in [1.165, 1.54) is 25.0 Å². The molecule has 0 aliphatic heterocycles. The van der Waals surface area contributed by atoms with Gasteiger partial charge in [-0.25, -0.2) is 0 Å². The largest absolute Gasteiger partial charge is 0.265 e. The highest BCUT2D eigenvalue weighted by molar-refractivity contribution is 8.13. The van der Waals surface area contributed by atoms with Crippen LogP contribution < -0.4 is 5.43 Å². The number of thioether (sulfide) groups is 1. The molecule has 0 aromatic rings. The van der Waals surface area contributed by atoms with Crippen molar-refractivity contribution in [3.8, 4) is 0 Å². The standard InChI is InChI=1S/C9H17N3S/c1-10-9(13-2)12-11-8-6-4-3-5-7-8/h3-7H2,1-2H3,(H,10,12). The fourth-order valence-electron chi connectivity index (χ4n) is 1.39. The average Bonchev–Trinajstić information content (AvgIpc) is 2.21. The summed E-state index contributed by atoms with van der Waals surface area (Å²) in [6.07, 6.45) is 8.24. The highest BCUT2D eigenvalue weighted by Crippen LogP contribution is 2.14. The molecular formula is C9H17N3S. The maximum atomic E-state index is 4.34. The normalized spacial score (nSPS) is 18.6. The van der Waals surface area contributed by atoms with Gasteiger partial charge in [-0.05, 0) is 31.9 Å². The Morgan fingerprint density at radius 2 is 2.00 bits per heavy atom. The first-order valence-electron chi connectivity index (χ1n) is 4.69. The van der Waals surface area contributed by atoms with Gasteiger partial charge in [0.05, 0.1) is 0 Å². The molecule has 0 unspecified atom stereocenters. The first-order valence-corrected chi connectivity index (χ1v) is 5.91. The molecule has 1 saturated carbocycles. The van der Waals surface area contributed by atoms with Crippen molar-refractivity contribution in [1.82, 2.24) is 5.43 Å². The molecule has 1 fully saturated rings. The predicted octanol–water partition coefficient (Wildman–Crippen LogP) is 2.24. The second-order valence-corrected chi connectivity index (χ2v) is 3.88. The quantitative estimate of drug-likeness (QED) is 0.399. The van der Waals surface area contributed by atoms with Crippen LogP contribution in [0.4, 0.5) is 0 Å². The lowest BCUT2D eigenvalue weighted by molar-refractivity contribution is 0.661. The molecule has 0 aromatic carbocycles. The third kappa shape index (κ3) is 3.81. The lowest BCUT2D eigenvalue weighted by Gasteiger charge is -2.12. The number of aliphatic imine (C=N–C) groups is 1.